The maximum Gasteiger partial charge on any atom is 0.194 e. The maximum atomic E-state index is 11.9. The van der Waals surface area contributed by atoms with Crippen LogP contribution in [0.2, 0.25) is 0 Å². The van der Waals surface area contributed by atoms with E-state index in [1.807, 2.05) is 6.92 Å². The third-order valence-corrected chi connectivity index (χ3v) is 4.16. The van der Waals surface area contributed by atoms with Crippen molar-refractivity contribution in [3.05, 3.63) is 29.8 Å². The van der Waals surface area contributed by atoms with Crippen LogP contribution >= 0.6 is 0 Å². The first-order valence-electron chi connectivity index (χ1n) is 4.74. The molecule has 0 bridgehead atoms. The Morgan fingerprint density at radius 2 is 1.80 bits per heavy atom. The molecule has 0 aliphatic rings. The average Bonchev–Trinajstić information content (AvgIpc) is 2.18. The summed E-state index contributed by atoms with van der Waals surface area (Å²) in [5.74, 6) is 0. The summed E-state index contributed by atoms with van der Waals surface area (Å²) in [6.45, 7) is 2.17. The van der Waals surface area contributed by atoms with Gasteiger partial charge in [-0.25, -0.2) is 8.42 Å². The molecule has 0 radical (unpaired) electrons. The van der Waals surface area contributed by atoms with E-state index in [1.165, 1.54) is 0 Å². The minimum atomic E-state index is -3.42. The molecule has 0 spiro atoms. The van der Waals surface area contributed by atoms with Gasteiger partial charge in [-0.1, -0.05) is 17.7 Å². The Morgan fingerprint density at radius 3 is 2.27 bits per heavy atom. The van der Waals surface area contributed by atoms with E-state index in [1.54, 1.807) is 24.3 Å². The molecule has 0 heterocycles. The summed E-state index contributed by atoms with van der Waals surface area (Å²) in [6, 6.07) is 6.65. The second-order valence-corrected chi connectivity index (χ2v) is 5.64. The van der Waals surface area contributed by atoms with Crippen molar-refractivity contribution in [3.8, 4) is 0 Å². The zero-order valence-corrected chi connectivity index (χ0v) is 9.50. The smallest absolute Gasteiger partial charge is 0.194 e. The molecular weight excluding hydrogens is 212 g/mol. The normalized spacial score (nSPS) is 13.8. The fourth-order valence-electron chi connectivity index (χ4n) is 1.22. The van der Waals surface area contributed by atoms with E-state index in [0.717, 1.165) is 5.56 Å². The summed E-state index contributed by atoms with van der Waals surface area (Å²) >= 11 is 0. The summed E-state index contributed by atoms with van der Waals surface area (Å²) in [5, 5.41) is -0.912. The SMILES string of the molecule is Cc1ccc(S(=O)(=O)C(N)CCN)cc1. The van der Waals surface area contributed by atoms with Gasteiger partial charge in [-0.3, -0.25) is 0 Å². The summed E-state index contributed by atoms with van der Waals surface area (Å²) in [6.07, 6.45) is 0.274. The van der Waals surface area contributed by atoms with Gasteiger partial charge in [0, 0.05) is 0 Å². The molecule has 0 aliphatic heterocycles. The van der Waals surface area contributed by atoms with Gasteiger partial charge in [-0.15, -0.1) is 0 Å². The highest BCUT2D eigenvalue weighted by Gasteiger charge is 2.22. The molecule has 0 amide bonds. The Labute approximate surface area is 90.2 Å². The molecule has 0 saturated carbocycles. The van der Waals surface area contributed by atoms with Crippen molar-refractivity contribution in [3.63, 3.8) is 0 Å². The minimum Gasteiger partial charge on any atom is -0.330 e. The van der Waals surface area contributed by atoms with Crippen LogP contribution in [-0.4, -0.2) is 20.3 Å². The van der Waals surface area contributed by atoms with Crippen molar-refractivity contribution in [2.75, 3.05) is 6.54 Å². The number of aryl methyl sites for hydroxylation is 1. The highest BCUT2D eigenvalue weighted by atomic mass is 32.2. The molecule has 15 heavy (non-hydrogen) atoms. The van der Waals surface area contributed by atoms with Gasteiger partial charge in [0.1, 0.15) is 5.37 Å². The molecule has 1 unspecified atom stereocenters. The molecule has 0 aliphatic carbocycles. The predicted molar refractivity (Wildman–Crippen MR) is 60.0 cm³/mol. The van der Waals surface area contributed by atoms with Crippen molar-refractivity contribution < 1.29 is 8.42 Å². The molecule has 0 saturated heterocycles. The third-order valence-electron chi connectivity index (χ3n) is 2.20. The zero-order valence-electron chi connectivity index (χ0n) is 8.68. The van der Waals surface area contributed by atoms with Gasteiger partial charge in [-0.2, -0.15) is 0 Å². The van der Waals surface area contributed by atoms with E-state index >= 15 is 0 Å². The van der Waals surface area contributed by atoms with Gasteiger partial charge < -0.3 is 11.5 Å². The number of rotatable bonds is 4. The summed E-state index contributed by atoms with van der Waals surface area (Å²) in [7, 11) is -3.42. The fraction of sp³-hybridized carbons (Fsp3) is 0.400. The number of benzene rings is 1. The number of hydrogen-bond acceptors (Lipinski definition) is 4. The minimum absolute atomic E-state index is 0.258. The molecule has 4 nitrogen and oxygen atoms in total. The molecule has 1 aromatic rings. The molecule has 4 N–H and O–H groups in total. The van der Waals surface area contributed by atoms with Gasteiger partial charge in [0.2, 0.25) is 0 Å². The molecule has 5 heteroatoms. The first-order chi connectivity index (χ1) is 6.98. The van der Waals surface area contributed by atoms with Crippen molar-refractivity contribution >= 4 is 9.84 Å². The van der Waals surface area contributed by atoms with E-state index in [0.29, 0.717) is 0 Å². The molecule has 84 valence electrons. The van der Waals surface area contributed by atoms with Crippen molar-refractivity contribution in [2.24, 2.45) is 11.5 Å². The predicted octanol–water partition coefficient (Wildman–Crippen LogP) is 0.402. The largest absolute Gasteiger partial charge is 0.330 e. The van der Waals surface area contributed by atoms with Gasteiger partial charge in [0.05, 0.1) is 4.90 Å². The summed E-state index contributed by atoms with van der Waals surface area (Å²) in [5.41, 5.74) is 11.9. The molecule has 1 rings (SSSR count). The van der Waals surface area contributed by atoms with Crippen molar-refractivity contribution in [2.45, 2.75) is 23.6 Å². The van der Waals surface area contributed by atoms with E-state index in [9.17, 15) is 8.42 Å². The van der Waals surface area contributed by atoms with Crippen molar-refractivity contribution in [1.29, 1.82) is 0 Å². The first kappa shape index (κ1) is 12.2. The Hall–Kier alpha value is -0.910. The van der Waals surface area contributed by atoms with Crippen LogP contribution in [0.4, 0.5) is 0 Å². The Morgan fingerprint density at radius 1 is 1.27 bits per heavy atom. The standard InChI is InChI=1S/C10H16N2O2S/c1-8-2-4-9(5-3-8)15(13,14)10(12)6-7-11/h2-5,10H,6-7,11-12H2,1H3. The fourth-order valence-corrected chi connectivity index (χ4v) is 2.53. The van der Waals surface area contributed by atoms with Crippen LogP contribution in [0.3, 0.4) is 0 Å². The lowest BCUT2D eigenvalue weighted by molar-refractivity contribution is 0.574. The Balaban J connectivity index is 3.01. The second kappa shape index (κ2) is 4.74. The average molecular weight is 228 g/mol. The molecule has 1 atom stereocenters. The third kappa shape index (κ3) is 2.77. The first-order valence-corrected chi connectivity index (χ1v) is 6.29. The summed E-state index contributed by atoms with van der Waals surface area (Å²) < 4.78 is 23.7. The van der Waals surface area contributed by atoms with Crippen LogP contribution in [0.15, 0.2) is 29.2 Å². The van der Waals surface area contributed by atoms with Crippen LogP contribution in [0.5, 0.6) is 0 Å². The highest BCUT2D eigenvalue weighted by Crippen LogP contribution is 2.15. The molecule has 0 fully saturated rings. The number of nitrogens with two attached hydrogens (primary N) is 2. The van der Waals surface area contributed by atoms with Gasteiger partial charge in [0.25, 0.3) is 0 Å². The van der Waals surface area contributed by atoms with Crippen LogP contribution in [-0.2, 0) is 9.84 Å². The van der Waals surface area contributed by atoms with E-state index < -0.39 is 15.2 Å². The second-order valence-electron chi connectivity index (χ2n) is 3.47. The van der Waals surface area contributed by atoms with E-state index in [2.05, 4.69) is 0 Å². The summed E-state index contributed by atoms with van der Waals surface area (Å²) in [4.78, 5) is 0.258. The van der Waals surface area contributed by atoms with Crippen LogP contribution in [0.25, 0.3) is 0 Å². The lowest BCUT2D eigenvalue weighted by Gasteiger charge is -2.11. The molecular formula is C10H16N2O2S. The lowest BCUT2D eigenvalue weighted by atomic mass is 10.2. The Kier molecular flexibility index (Phi) is 3.84. The van der Waals surface area contributed by atoms with E-state index in [4.69, 9.17) is 11.5 Å². The Bertz CT molecular complexity index is 412. The topological polar surface area (TPSA) is 86.2 Å². The van der Waals surface area contributed by atoms with Gasteiger partial charge in [-0.05, 0) is 32.0 Å². The van der Waals surface area contributed by atoms with Crippen LogP contribution in [0, 0.1) is 6.92 Å². The van der Waals surface area contributed by atoms with E-state index in [-0.39, 0.29) is 17.9 Å². The zero-order chi connectivity index (χ0) is 11.5. The lowest BCUT2D eigenvalue weighted by Crippen LogP contribution is -2.32. The quantitative estimate of drug-likeness (QED) is 0.781. The monoisotopic (exact) mass is 228 g/mol. The highest BCUT2D eigenvalue weighted by molar-refractivity contribution is 7.92. The van der Waals surface area contributed by atoms with Crippen LogP contribution < -0.4 is 11.5 Å². The van der Waals surface area contributed by atoms with Gasteiger partial charge in [0.15, 0.2) is 9.84 Å². The number of hydrogen-bond donors (Lipinski definition) is 2. The van der Waals surface area contributed by atoms with Crippen LogP contribution in [0.1, 0.15) is 12.0 Å². The molecule has 0 aromatic heterocycles. The maximum absolute atomic E-state index is 11.9. The number of sulfone groups is 1. The molecule has 1 aromatic carbocycles. The van der Waals surface area contributed by atoms with Crippen molar-refractivity contribution in [1.82, 2.24) is 0 Å². The van der Waals surface area contributed by atoms with Gasteiger partial charge >= 0.3 is 0 Å².